The minimum atomic E-state index is -4.68. The van der Waals surface area contributed by atoms with Crippen LogP contribution in [0.4, 0.5) is 26.3 Å². The van der Waals surface area contributed by atoms with Crippen molar-refractivity contribution in [1.82, 2.24) is 15.5 Å². The van der Waals surface area contributed by atoms with Crippen molar-refractivity contribution in [3.8, 4) is 0 Å². The molecule has 0 saturated heterocycles. The van der Waals surface area contributed by atoms with Gasteiger partial charge in [-0.25, -0.2) is 0 Å². The number of nitrogens with one attached hydrogen (secondary N) is 1. The van der Waals surface area contributed by atoms with Crippen molar-refractivity contribution in [1.29, 1.82) is 0 Å². The van der Waals surface area contributed by atoms with E-state index in [0.29, 0.717) is 43.2 Å². The maximum Gasteiger partial charge on any atom is 0.522 e. The lowest BCUT2D eigenvalue weighted by Crippen LogP contribution is -2.42. The van der Waals surface area contributed by atoms with Crippen molar-refractivity contribution in [3.05, 3.63) is 24.1 Å². The lowest BCUT2D eigenvalue weighted by Gasteiger charge is -2.34. The normalized spacial score (nSPS) is 25.3. The Balaban J connectivity index is 1.26. The van der Waals surface area contributed by atoms with Crippen LogP contribution in [0.2, 0.25) is 0 Å². The highest BCUT2D eigenvalue weighted by Crippen LogP contribution is 2.41. The zero-order valence-corrected chi connectivity index (χ0v) is 17.4. The lowest BCUT2D eigenvalue weighted by molar-refractivity contribution is -0.357. The molecule has 1 aromatic rings. The molecule has 0 spiro atoms. The molecular weight excluding hydrogens is 464 g/mol. The summed E-state index contributed by atoms with van der Waals surface area (Å²) in [7, 11) is 0. The summed E-state index contributed by atoms with van der Waals surface area (Å²) in [6, 6.07) is 0. The number of ether oxygens (including phenoxy) is 3. The second kappa shape index (κ2) is 10.4. The molecule has 1 N–H and O–H groups in total. The first-order valence-electron chi connectivity index (χ1n) is 10.2. The summed E-state index contributed by atoms with van der Waals surface area (Å²) < 4.78 is 90.7. The average molecular weight is 487 g/mol. The van der Waals surface area contributed by atoms with Gasteiger partial charge in [0.2, 0.25) is 17.7 Å². The van der Waals surface area contributed by atoms with Crippen LogP contribution in [0.25, 0.3) is 0 Å². The van der Waals surface area contributed by atoms with E-state index in [1.165, 1.54) is 0 Å². The van der Waals surface area contributed by atoms with E-state index in [1.54, 1.807) is 0 Å². The van der Waals surface area contributed by atoms with Crippen LogP contribution in [-0.2, 0) is 25.4 Å². The van der Waals surface area contributed by atoms with Crippen molar-refractivity contribution in [3.63, 3.8) is 0 Å². The van der Waals surface area contributed by atoms with E-state index in [-0.39, 0.29) is 31.3 Å². The first kappa shape index (κ1) is 25.4. The van der Waals surface area contributed by atoms with Crippen LogP contribution in [0.15, 0.2) is 16.7 Å². The predicted molar refractivity (Wildman–Crippen MR) is 97.3 cm³/mol. The van der Waals surface area contributed by atoms with Gasteiger partial charge in [-0.1, -0.05) is 6.58 Å². The summed E-state index contributed by atoms with van der Waals surface area (Å²) in [4.78, 5) is 11.9. The van der Waals surface area contributed by atoms with Crippen LogP contribution in [0.5, 0.6) is 0 Å². The van der Waals surface area contributed by atoms with Crippen LogP contribution < -0.4 is 5.32 Å². The molecule has 8 nitrogen and oxygen atoms in total. The van der Waals surface area contributed by atoms with Crippen LogP contribution in [-0.4, -0.2) is 54.3 Å². The van der Waals surface area contributed by atoms with E-state index < -0.39 is 37.4 Å². The Hall–Kier alpha value is -2.19. The molecule has 2 saturated carbocycles. The van der Waals surface area contributed by atoms with Gasteiger partial charge in [0, 0.05) is 30.9 Å². The zero-order valence-electron chi connectivity index (χ0n) is 17.4. The quantitative estimate of drug-likeness (QED) is 0.475. The van der Waals surface area contributed by atoms with E-state index in [9.17, 15) is 31.1 Å². The third-order valence-corrected chi connectivity index (χ3v) is 5.31. The number of allylic oxidation sites excluding steroid dienone is 1. The number of rotatable bonds is 11. The van der Waals surface area contributed by atoms with E-state index in [0.717, 1.165) is 0 Å². The monoisotopic (exact) mass is 487 g/mol. The summed E-state index contributed by atoms with van der Waals surface area (Å²) in [6.45, 7) is 2.99. The molecule has 1 aromatic heterocycles. The molecule has 186 valence electrons. The Bertz CT molecular complexity index is 816. The number of aryl methyl sites for hydroxylation is 1. The standard InChI is InChI=1S/C19H23F6N3O5/c1-10(26-15(29)9-30-13-6-14(7-13)33-19(23,24)25)2-3-16-27-28-17(32-16)12-4-11(5-12)8-31-18(20,21)22/h11-14H,1-9H2,(H,26,29)/t11?,12?,13-,14+. The fraction of sp³-hybridized carbons (Fsp3) is 0.737. The molecule has 2 aliphatic rings. The van der Waals surface area contributed by atoms with Gasteiger partial charge in [-0.3, -0.25) is 14.3 Å². The van der Waals surface area contributed by atoms with Gasteiger partial charge in [-0.15, -0.1) is 36.5 Å². The average Bonchev–Trinajstić information content (AvgIpc) is 3.07. The minimum absolute atomic E-state index is 0.0598. The van der Waals surface area contributed by atoms with Crippen LogP contribution >= 0.6 is 0 Å². The van der Waals surface area contributed by atoms with Gasteiger partial charge >= 0.3 is 12.7 Å². The second-order valence-corrected chi connectivity index (χ2v) is 8.07. The van der Waals surface area contributed by atoms with Gasteiger partial charge < -0.3 is 14.5 Å². The fourth-order valence-electron chi connectivity index (χ4n) is 3.50. The molecule has 1 amide bonds. The van der Waals surface area contributed by atoms with Crippen molar-refractivity contribution in [2.45, 2.75) is 69.4 Å². The molecule has 33 heavy (non-hydrogen) atoms. The molecule has 0 aromatic carbocycles. The molecule has 0 radical (unpaired) electrons. The van der Waals surface area contributed by atoms with Gasteiger partial charge in [-0.05, 0) is 25.2 Å². The largest absolute Gasteiger partial charge is 0.522 e. The number of aromatic nitrogens is 2. The summed E-state index contributed by atoms with van der Waals surface area (Å²) in [6.07, 6.45) is -9.12. The van der Waals surface area contributed by atoms with Gasteiger partial charge in [0.15, 0.2) is 0 Å². The third kappa shape index (κ3) is 8.59. The van der Waals surface area contributed by atoms with E-state index in [2.05, 4.69) is 31.6 Å². The predicted octanol–water partition coefficient (Wildman–Crippen LogP) is 3.75. The topological polar surface area (TPSA) is 95.7 Å². The van der Waals surface area contributed by atoms with E-state index >= 15 is 0 Å². The number of hydrogen-bond acceptors (Lipinski definition) is 7. The van der Waals surface area contributed by atoms with Crippen molar-refractivity contribution >= 4 is 5.91 Å². The van der Waals surface area contributed by atoms with E-state index in [4.69, 9.17) is 9.15 Å². The number of hydrogen-bond donors (Lipinski definition) is 1. The molecule has 14 heteroatoms. The Morgan fingerprint density at radius 3 is 2.39 bits per heavy atom. The fourth-order valence-corrected chi connectivity index (χ4v) is 3.50. The van der Waals surface area contributed by atoms with Crippen molar-refractivity contribution < 1.29 is 49.8 Å². The summed E-state index contributed by atoms with van der Waals surface area (Å²) >= 11 is 0. The van der Waals surface area contributed by atoms with Gasteiger partial charge in [0.25, 0.3) is 0 Å². The molecular formula is C19H23F6N3O5. The van der Waals surface area contributed by atoms with Crippen LogP contribution in [0, 0.1) is 5.92 Å². The smallest absolute Gasteiger partial charge is 0.425 e. The highest BCUT2D eigenvalue weighted by molar-refractivity contribution is 5.78. The minimum Gasteiger partial charge on any atom is -0.425 e. The number of halogens is 6. The Labute approximate surface area is 184 Å². The summed E-state index contributed by atoms with van der Waals surface area (Å²) in [5.74, 6) is -0.164. The molecule has 1 heterocycles. The first-order chi connectivity index (χ1) is 15.4. The van der Waals surface area contributed by atoms with Gasteiger partial charge in [-0.2, -0.15) is 0 Å². The lowest BCUT2D eigenvalue weighted by atomic mass is 9.75. The number of carbonyl (C=O) groups is 1. The summed E-state index contributed by atoms with van der Waals surface area (Å²) in [5.41, 5.74) is 0.364. The summed E-state index contributed by atoms with van der Waals surface area (Å²) in [5, 5.41) is 10.3. The molecule has 2 aliphatic carbocycles. The number of nitrogens with zero attached hydrogens (tertiary/aromatic N) is 2. The Morgan fingerprint density at radius 2 is 1.76 bits per heavy atom. The number of alkyl halides is 6. The zero-order chi connectivity index (χ0) is 24.2. The Kier molecular flexibility index (Phi) is 8.00. The van der Waals surface area contributed by atoms with E-state index in [1.807, 2.05) is 0 Å². The molecule has 0 aliphatic heterocycles. The maximum atomic E-state index is 12.1. The molecule has 0 unspecified atom stereocenters. The first-order valence-corrected chi connectivity index (χ1v) is 10.2. The maximum absolute atomic E-state index is 12.1. The van der Waals surface area contributed by atoms with Crippen molar-refractivity contribution in [2.24, 2.45) is 5.92 Å². The van der Waals surface area contributed by atoms with Gasteiger partial charge in [0.1, 0.15) is 6.61 Å². The molecule has 2 fully saturated rings. The number of carbonyl (C=O) groups excluding carboxylic acids is 1. The third-order valence-electron chi connectivity index (χ3n) is 5.31. The number of amides is 1. The second-order valence-electron chi connectivity index (χ2n) is 8.07. The molecule has 3 rings (SSSR count). The molecule has 0 atom stereocenters. The Morgan fingerprint density at radius 1 is 1.06 bits per heavy atom. The highest BCUT2D eigenvalue weighted by Gasteiger charge is 2.41. The SMILES string of the molecule is C=C(CCc1nnc(C2CC(COC(F)(F)F)C2)o1)NC(=O)CO[C@H]1C[C@@H](OC(F)(F)F)C1. The van der Waals surface area contributed by atoms with Crippen LogP contribution in [0.3, 0.4) is 0 Å². The van der Waals surface area contributed by atoms with Crippen molar-refractivity contribution in [2.75, 3.05) is 13.2 Å². The highest BCUT2D eigenvalue weighted by atomic mass is 19.4. The van der Waals surface area contributed by atoms with Gasteiger partial charge in [0.05, 0.1) is 18.8 Å². The molecule has 0 bridgehead atoms. The van der Waals surface area contributed by atoms with Crippen LogP contribution in [0.1, 0.15) is 49.8 Å².